The highest BCUT2D eigenvalue weighted by Crippen LogP contribution is 2.01. The van der Waals surface area contributed by atoms with E-state index in [1.165, 1.54) is 4.90 Å². The second kappa shape index (κ2) is 5.59. The van der Waals surface area contributed by atoms with Crippen LogP contribution in [0.25, 0.3) is 0 Å². The predicted octanol–water partition coefficient (Wildman–Crippen LogP) is -0.227. The summed E-state index contributed by atoms with van der Waals surface area (Å²) in [5.74, 6) is -1.42. The highest BCUT2D eigenvalue weighted by molar-refractivity contribution is 5.77. The van der Waals surface area contributed by atoms with Crippen LogP contribution >= 0.6 is 0 Å². The van der Waals surface area contributed by atoms with Crippen LogP contribution in [0.1, 0.15) is 13.8 Å². The van der Waals surface area contributed by atoms with Gasteiger partial charge in [-0.05, 0) is 6.92 Å². The first-order valence-corrected chi connectivity index (χ1v) is 4.52. The highest BCUT2D eigenvalue weighted by Gasteiger charge is 2.19. The van der Waals surface area contributed by atoms with Crippen LogP contribution in [0, 0.1) is 5.92 Å². The average Bonchev–Trinajstić information content (AvgIpc) is 2.11. The molecule has 0 aliphatic carbocycles. The molecule has 2 N–H and O–H groups in total. The number of nitrogens with zero attached hydrogens (tertiary/aromatic N) is 1. The van der Waals surface area contributed by atoms with Gasteiger partial charge >= 0.3 is 5.97 Å². The summed E-state index contributed by atoms with van der Waals surface area (Å²) in [5.41, 5.74) is 0. The van der Waals surface area contributed by atoms with Crippen molar-refractivity contribution >= 4 is 11.9 Å². The molecule has 2 atom stereocenters. The van der Waals surface area contributed by atoms with Crippen LogP contribution in [-0.4, -0.2) is 48.6 Å². The molecular formula is C9H18N2O3. The first-order valence-electron chi connectivity index (χ1n) is 4.52. The van der Waals surface area contributed by atoms with Crippen molar-refractivity contribution in [2.75, 3.05) is 20.6 Å². The minimum absolute atomic E-state index is 0.0607. The van der Waals surface area contributed by atoms with Crippen LogP contribution in [0.5, 0.6) is 0 Å². The summed E-state index contributed by atoms with van der Waals surface area (Å²) >= 11 is 0. The van der Waals surface area contributed by atoms with E-state index in [-0.39, 0.29) is 18.5 Å². The van der Waals surface area contributed by atoms with E-state index >= 15 is 0 Å². The molecule has 1 amide bonds. The molecule has 0 aliphatic rings. The molecule has 0 aromatic carbocycles. The molecule has 0 rings (SSSR count). The minimum Gasteiger partial charge on any atom is -0.481 e. The fourth-order valence-corrected chi connectivity index (χ4v) is 0.797. The van der Waals surface area contributed by atoms with Gasteiger partial charge in [0.15, 0.2) is 0 Å². The summed E-state index contributed by atoms with van der Waals surface area (Å²) in [6.07, 6.45) is 0. The molecule has 82 valence electrons. The van der Waals surface area contributed by atoms with E-state index in [2.05, 4.69) is 5.32 Å². The molecule has 0 radical (unpaired) electrons. The van der Waals surface area contributed by atoms with Gasteiger partial charge in [-0.3, -0.25) is 9.59 Å². The largest absolute Gasteiger partial charge is 0.481 e. The van der Waals surface area contributed by atoms with E-state index in [9.17, 15) is 9.59 Å². The Kier molecular flexibility index (Phi) is 5.15. The summed E-state index contributed by atoms with van der Waals surface area (Å²) in [6, 6.07) is -0.212. The SMILES string of the molecule is CC(NCC(=O)N(C)C)C(C)C(=O)O. The average molecular weight is 202 g/mol. The normalized spacial score (nSPS) is 14.6. The Morgan fingerprint density at radius 1 is 1.36 bits per heavy atom. The number of carboxylic acids is 1. The molecule has 5 nitrogen and oxygen atoms in total. The van der Waals surface area contributed by atoms with Crippen molar-refractivity contribution < 1.29 is 14.7 Å². The zero-order chi connectivity index (χ0) is 11.3. The van der Waals surface area contributed by atoms with Crippen molar-refractivity contribution in [2.45, 2.75) is 19.9 Å². The topological polar surface area (TPSA) is 69.6 Å². The smallest absolute Gasteiger partial charge is 0.307 e. The molecule has 0 fully saturated rings. The second-order valence-corrected chi connectivity index (χ2v) is 3.58. The zero-order valence-corrected chi connectivity index (χ0v) is 9.07. The van der Waals surface area contributed by atoms with Crippen LogP contribution in [-0.2, 0) is 9.59 Å². The van der Waals surface area contributed by atoms with Gasteiger partial charge in [-0.25, -0.2) is 0 Å². The zero-order valence-electron chi connectivity index (χ0n) is 9.07. The molecule has 0 aromatic heterocycles. The monoisotopic (exact) mass is 202 g/mol. The molecule has 0 spiro atoms. The number of carboxylic acid groups (broad SMARTS) is 1. The highest BCUT2D eigenvalue weighted by atomic mass is 16.4. The Balaban J connectivity index is 3.90. The molecule has 0 saturated heterocycles. The van der Waals surface area contributed by atoms with Crippen LogP contribution < -0.4 is 5.32 Å². The van der Waals surface area contributed by atoms with Gasteiger partial charge in [0, 0.05) is 20.1 Å². The summed E-state index contributed by atoms with van der Waals surface area (Å²) in [4.78, 5) is 23.2. The molecule has 2 unspecified atom stereocenters. The number of nitrogens with one attached hydrogen (secondary N) is 1. The van der Waals surface area contributed by atoms with Gasteiger partial charge in [-0.15, -0.1) is 0 Å². The van der Waals surface area contributed by atoms with E-state index in [0.717, 1.165) is 0 Å². The number of aliphatic carboxylic acids is 1. The Hall–Kier alpha value is -1.10. The number of hydrogen-bond donors (Lipinski definition) is 2. The molecule has 0 aliphatic heterocycles. The molecule has 0 saturated carbocycles. The fourth-order valence-electron chi connectivity index (χ4n) is 0.797. The van der Waals surface area contributed by atoms with Gasteiger partial charge < -0.3 is 15.3 Å². The van der Waals surface area contributed by atoms with Gasteiger partial charge in [0.05, 0.1) is 12.5 Å². The first kappa shape index (κ1) is 12.9. The lowest BCUT2D eigenvalue weighted by Crippen LogP contribution is -2.42. The van der Waals surface area contributed by atoms with Gasteiger partial charge in [0.25, 0.3) is 0 Å². The lowest BCUT2D eigenvalue weighted by molar-refractivity contribution is -0.142. The predicted molar refractivity (Wildman–Crippen MR) is 53.0 cm³/mol. The van der Waals surface area contributed by atoms with Crippen molar-refractivity contribution in [1.29, 1.82) is 0 Å². The lowest BCUT2D eigenvalue weighted by atomic mass is 10.0. The van der Waals surface area contributed by atoms with Crippen molar-refractivity contribution in [3.63, 3.8) is 0 Å². The Bertz CT molecular complexity index is 216. The van der Waals surface area contributed by atoms with Crippen molar-refractivity contribution in [3.8, 4) is 0 Å². The second-order valence-electron chi connectivity index (χ2n) is 3.58. The molecule has 14 heavy (non-hydrogen) atoms. The number of amides is 1. The van der Waals surface area contributed by atoms with E-state index in [0.29, 0.717) is 0 Å². The standard InChI is InChI=1S/C9H18N2O3/c1-6(9(13)14)7(2)10-5-8(12)11(3)4/h6-7,10H,5H2,1-4H3,(H,13,14). The first-order chi connectivity index (χ1) is 6.36. The van der Waals surface area contributed by atoms with E-state index in [4.69, 9.17) is 5.11 Å². The maximum atomic E-state index is 11.2. The van der Waals surface area contributed by atoms with Gasteiger partial charge in [-0.2, -0.15) is 0 Å². The van der Waals surface area contributed by atoms with Gasteiger partial charge in [0.1, 0.15) is 0 Å². The number of likely N-dealkylation sites (N-methyl/N-ethyl adjacent to an activating group) is 1. The van der Waals surface area contributed by atoms with Crippen LogP contribution in [0.4, 0.5) is 0 Å². The fraction of sp³-hybridized carbons (Fsp3) is 0.778. The van der Waals surface area contributed by atoms with Crippen molar-refractivity contribution in [1.82, 2.24) is 10.2 Å². The third-order valence-electron chi connectivity index (χ3n) is 2.21. The van der Waals surface area contributed by atoms with Crippen LogP contribution in [0.15, 0.2) is 0 Å². The quantitative estimate of drug-likeness (QED) is 0.646. The van der Waals surface area contributed by atoms with Crippen LogP contribution in [0.3, 0.4) is 0 Å². The maximum absolute atomic E-state index is 11.2. The minimum atomic E-state index is -0.859. The lowest BCUT2D eigenvalue weighted by Gasteiger charge is -2.18. The van der Waals surface area contributed by atoms with E-state index in [1.54, 1.807) is 27.9 Å². The van der Waals surface area contributed by atoms with E-state index < -0.39 is 11.9 Å². The number of carbonyl (C=O) groups is 2. The molecule has 0 bridgehead atoms. The Labute approximate surface area is 84.1 Å². The summed E-state index contributed by atoms with van der Waals surface area (Å²) in [6.45, 7) is 3.54. The molecular weight excluding hydrogens is 184 g/mol. The Morgan fingerprint density at radius 3 is 2.21 bits per heavy atom. The third-order valence-corrected chi connectivity index (χ3v) is 2.21. The number of carbonyl (C=O) groups excluding carboxylic acids is 1. The number of rotatable bonds is 5. The summed E-state index contributed by atoms with van der Waals surface area (Å²) in [5, 5.41) is 11.6. The third kappa shape index (κ3) is 4.23. The van der Waals surface area contributed by atoms with Gasteiger partial charge in [-0.1, -0.05) is 6.92 Å². The number of hydrogen-bond acceptors (Lipinski definition) is 3. The van der Waals surface area contributed by atoms with Crippen molar-refractivity contribution in [3.05, 3.63) is 0 Å². The van der Waals surface area contributed by atoms with Crippen molar-refractivity contribution in [2.24, 2.45) is 5.92 Å². The Morgan fingerprint density at radius 2 is 1.86 bits per heavy atom. The molecule has 5 heteroatoms. The maximum Gasteiger partial charge on any atom is 0.307 e. The molecule has 0 aromatic rings. The van der Waals surface area contributed by atoms with Gasteiger partial charge in [0.2, 0.25) is 5.91 Å². The molecule has 0 heterocycles. The van der Waals surface area contributed by atoms with Crippen LogP contribution in [0.2, 0.25) is 0 Å². The summed E-state index contributed by atoms with van der Waals surface area (Å²) < 4.78 is 0. The summed E-state index contributed by atoms with van der Waals surface area (Å²) in [7, 11) is 3.32. The van der Waals surface area contributed by atoms with E-state index in [1.807, 2.05) is 0 Å².